The number of nitriles is 1. The highest BCUT2D eigenvalue weighted by Gasteiger charge is 2.25. The van der Waals surface area contributed by atoms with Crippen LogP contribution in [0.5, 0.6) is 0 Å². The third-order valence-electron chi connectivity index (χ3n) is 13.2. The van der Waals surface area contributed by atoms with E-state index in [1.54, 1.807) is 0 Å². The Labute approximate surface area is 386 Å². The number of para-hydroxylation sites is 2. The summed E-state index contributed by atoms with van der Waals surface area (Å²) in [6, 6.07) is 83.5. The highest BCUT2D eigenvalue weighted by Crippen LogP contribution is 2.43. The topological polar surface area (TPSA) is 59.7 Å². The van der Waals surface area contributed by atoms with Crippen LogP contribution in [-0.4, -0.2) is 14.1 Å². The standard InChI is InChI=1S/C62H38N4O/c63-39-53-59(65-55-29-25-44(40-15-5-1-6-16-40)33-49(55)50-34-45(26-30-56(50)65)41-17-7-2-8-18-41)37-48(62-64-54-23-13-14-24-61(54)67-62)38-60(53)66-57-31-27-46(42-19-9-3-10-20-42)35-51(57)52-36-47(28-32-58(52)66)43-21-11-4-12-22-43/h1-38H. The van der Waals surface area contributed by atoms with Crippen molar-refractivity contribution >= 4 is 54.7 Å². The van der Waals surface area contributed by atoms with Crippen molar-refractivity contribution in [2.45, 2.75) is 0 Å². The first-order valence-electron chi connectivity index (χ1n) is 22.5. The van der Waals surface area contributed by atoms with Crippen LogP contribution in [0, 0.1) is 11.3 Å². The molecule has 0 radical (unpaired) electrons. The van der Waals surface area contributed by atoms with E-state index in [0.29, 0.717) is 17.0 Å². The molecule has 13 aromatic rings. The molecule has 3 aromatic heterocycles. The van der Waals surface area contributed by atoms with E-state index in [2.05, 4.69) is 197 Å². The van der Waals surface area contributed by atoms with Crippen molar-refractivity contribution in [3.8, 4) is 73.4 Å². The van der Waals surface area contributed by atoms with E-state index in [0.717, 1.165) is 111 Å². The van der Waals surface area contributed by atoms with Crippen LogP contribution in [0.4, 0.5) is 0 Å². The lowest BCUT2D eigenvalue weighted by atomic mass is 10.0. The van der Waals surface area contributed by atoms with Gasteiger partial charge in [0.1, 0.15) is 17.1 Å². The van der Waals surface area contributed by atoms with Gasteiger partial charge in [0.05, 0.1) is 33.4 Å². The van der Waals surface area contributed by atoms with Crippen LogP contribution in [0.2, 0.25) is 0 Å². The number of fused-ring (bicyclic) bond motifs is 7. The van der Waals surface area contributed by atoms with E-state index >= 15 is 0 Å². The number of nitrogens with zero attached hydrogens (tertiary/aromatic N) is 4. The molecule has 0 aliphatic rings. The quantitative estimate of drug-likeness (QED) is 0.160. The summed E-state index contributed by atoms with van der Waals surface area (Å²) in [5, 5.41) is 16.1. The second kappa shape index (κ2) is 15.5. The van der Waals surface area contributed by atoms with E-state index in [1.165, 1.54) is 0 Å². The van der Waals surface area contributed by atoms with Crippen LogP contribution in [0.1, 0.15) is 5.56 Å². The number of rotatable bonds is 7. The van der Waals surface area contributed by atoms with E-state index < -0.39 is 0 Å². The van der Waals surface area contributed by atoms with Gasteiger partial charge in [-0.15, -0.1) is 0 Å². The minimum Gasteiger partial charge on any atom is -0.436 e. The zero-order chi connectivity index (χ0) is 44.4. The van der Waals surface area contributed by atoms with E-state index in [9.17, 15) is 5.26 Å². The SMILES string of the molecule is N#Cc1c(-n2c3ccc(-c4ccccc4)cc3c3cc(-c4ccccc4)ccc32)cc(-c2nc3ccccc3o2)cc1-n1c2ccc(-c3ccccc3)cc2c2cc(-c3ccccc3)ccc21. The van der Waals surface area contributed by atoms with Crippen LogP contribution < -0.4 is 0 Å². The lowest BCUT2D eigenvalue weighted by Crippen LogP contribution is -2.05. The van der Waals surface area contributed by atoms with Crippen molar-refractivity contribution in [1.82, 2.24) is 14.1 Å². The monoisotopic (exact) mass is 854 g/mol. The molecule has 0 saturated carbocycles. The minimum atomic E-state index is 0.477. The van der Waals surface area contributed by atoms with Crippen LogP contribution in [0.3, 0.4) is 0 Å². The average molecular weight is 855 g/mol. The summed E-state index contributed by atoms with van der Waals surface area (Å²) in [7, 11) is 0. The molecular formula is C62H38N4O. The van der Waals surface area contributed by atoms with E-state index in [1.807, 2.05) is 48.5 Å². The normalized spacial score (nSPS) is 11.6. The van der Waals surface area contributed by atoms with Crippen LogP contribution >= 0.6 is 0 Å². The fourth-order valence-corrected chi connectivity index (χ4v) is 10.0. The van der Waals surface area contributed by atoms with Gasteiger partial charge >= 0.3 is 0 Å². The third-order valence-corrected chi connectivity index (χ3v) is 13.2. The van der Waals surface area contributed by atoms with Gasteiger partial charge in [0.15, 0.2) is 5.58 Å². The predicted molar refractivity (Wildman–Crippen MR) is 275 cm³/mol. The molecule has 0 N–H and O–H groups in total. The van der Waals surface area contributed by atoms with Gasteiger partial charge in [-0.2, -0.15) is 5.26 Å². The fraction of sp³-hybridized carbons (Fsp3) is 0. The third kappa shape index (κ3) is 6.35. The van der Waals surface area contributed by atoms with Crippen molar-refractivity contribution in [2.75, 3.05) is 0 Å². The Hall–Kier alpha value is -9.24. The maximum absolute atomic E-state index is 11.7. The molecule has 3 heterocycles. The molecule has 312 valence electrons. The molecule has 0 fully saturated rings. The lowest BCUT2D eigenvalue weighted by Gasteiger charge is -2.18. The van der Waals surface area contributed by atoms with Crippen molar-refractivity contribution in [3.63, 3.8) is 0 Å². The van der Waals surface area contributed by atoms with Crippen LogP contribution in [0.15, 0.2) is 235 Å². The molecule has 0 aliphatic heterocycles. The second-order valence-electron chi connectivity index (χ2n) is 17.1. The van der Waals surface area contributed by atoms with Crippen molar-refractivity contribution in [2.24, 2.45) is 0 Å². The maximum Gasteiger partial charge on any atom is 0.227 e. The number of hydrogen-bond donors (Lipinski definition) is 0. The van der Waals surface area contributed by atoms with Crippen LogP contribution in [-0.2, 0) is 0 Å². The Morgan fingerprint density at radius 1 is 0.343 bits per heavy atom. The molecule has 10 aromatic carbocycles. The molecular weight excluding hydrogens is 817 g/mol. The van der Waals surface area contributed by atoms with Gasteiger partial charge in [-0.3, -0.25) is 0 Å². The molecule has 0 atom stereocenters. The Bertz CT molecular complexity index is 3630. The van der Waals surface area contributed by atoms with Gasteiger partial charge in [-0.1, -0.05) is 158 Å². The molecule has 0 aliphatic carbocycles. The molecule has 0 bridgehead atoms. The van der Waals surface area contributed by atoms with Gasteiger partial charge in [-0.05, 0) is 117 Å². The summed E-state index contributed by atoms with van der Waals surface area (Å²) in [6.45, 7) is 0. The average Bonchev–Trinajstić information content (AvgIpc) is 4.09. The summed E-state index contributed by atoms with van der Waals surface area (Å²) in [6.07, 6.45) is 0. The number of oxazole rings is 1. The Balaban J connectivity index is 1.14. The van der Waals surface area contributed by atoms with Crippen molar-refractivity contribution < 1.29 is 4.42 Å². The molecule has 5 heteroatoms. The molecule has 67 heavy (non-hydrogen) atoms. The lowest BCUT2D eigenvalue weighted by molar-refractivity contribution is 0.619. The minimum absolute atomic E-state index is 0.477. The van der Waals surface area contributed by atoms with E-state index in [-0.39, 0.29) is 0 Å². The Morgan fingerprint density at radius 2 is 0.687 bits per heavy atom. The van der Waals surface area contributed by atoms with Crippen LogP contribution in [0.25, 0.3) is 122 Å². The summed E-state index contributed by atoms with van der Waals surface area (Å²) < 4.78 is 11.1. The molecule has 5 nitrogen and oxygen atoms in total. The zero-order valence-corrected chi connectivity index (χ0v) is 36.1. The van der Waals surface area contributed by atoms with E-state index in [4.69, 9.17) is 9.40 Å². The Morgan fingerprint density at radius 3 is 1.03 bits per heavy atom. The first kappa shape index (κ1) is 38.2. The van der Waals surface area contributed by atoms with Crippen molar-refractivity contribution in [1.29, 1.82) is 5.26 Å². The number of hydrogen-bond acceptors (Lipinski definition) is 3. The molecule has 0 saturated heterocycles. The smallest absolute Gasteiger partial charge is 0.227 e. The van der Waals surface area contributed by atoms with Gasteiger partial charge in [0.25, 0.3) is 0 Å². The second-order valence-corrected chi connectivity index (χ2v) is 17.1. The Kier molecular flexibility index (Phi) is 8.84. The van der Waals surface area contributed by atoms with Gasteiger partial charge in [0, 0.05) is 27.1 Å². The first-order valence-corrected chi connectivity index (χ1v) is 22.5. The molecule has 0 spiro atoms. The summed E-state index contributed by atoms with van der Waals surface area (Å²) >= 11 is 0. The van der Waals surface area contributed by atoms with Crippen molar-refractivity contribution in [3.05, 3.63) is 236 Å². The maximum atomic E-state index is 11.7. The van der Waals surface area contributed by atoms with Gasteiger partial charge < -0.3 is 13.6 Å². The highest BCUT2D eigenvalue weighted by atomic mass is 16.3. The van der Waals surface area contributed by atoms with Gasteiger partial charge in [-0.25, -0.2) is 4.98 Å². The molecule has 13 rings (SSSR count). The highest BCUT2D eigenvalue weighted by molar-refractivity contribution is 6.14. The fourth-order valence-electron chi connectivity index (χ4n) is 10.0. The zero-order valence-electron chi connectivity index (χ0n) is 36.1. The summed E-state index contributed by atoms with van der Waals surface area (Å²) in [5.41, 5.74) is 17.2. The molecule has 0 unspecified atom stereocenters. The summed E-state index contributed by atoms with van der Waals surface area (Å²) in [4.78, 5) is 5.05. The summed E-state index contributed by atoms with van der Waals surface area (Å²) in [5.74, 6) is 0.477. The number of benzene rings is 10. The first-order chi connectivity index (χ1) is 33.2. The largest absolute Gasteiger partial charge is 0.436 e. The molecule has 0 amide bonds. The van der Waals surface area contributed by atoms with Gasteiger partial charge in [0.2, 0.25) is 5.89 Å². The number of aromatic nitrogens is 3. The predicted octanol–water partition coefficient (Wildman–Crippen LogP) is 16.2.